The van der Waals surface area contributed by atoms with Gasteiger partial charge in [-0.3, -0.25) is 0 Å². The Bertz CT molecular complexity index is 1050. The van der Waals surface area contributed by atoms with Gasteiger partial charge < -0.3 is 16.4 Å². The summed E-state index contributed by atoms with van der Waals surface area (Å²) in [6.45, 7) is 4.03. The van der Waals surface area contributed by atoms with Crippen LogP contribution in [0.2, 0.25) is 0 Å². The van der Waals surface area contributed by atoms with Gasteiger partial charge in [-0.25, -0.2) is 14.1 Å². The summed E-state index contributed by atoms with van der Waals surface area (Å²) in [6, 6.07) is 18.0. The number of nitrogens with zero attached hydrogens (tertiary/aromatic N) is 4. The molecule has 2 aromatic carbocycles. The third-order valence-electron chi connectivity index (χ3n) is 4.67. The lowest BCUT2D eigenvalue weighted by atomic mass is 10.1. The molecule has 31 heavy (non-hydrogen) atoms. The molecule has 0 amide bonds. The maximum atomic E-state index is 13.2. The van der Waals surface area contributed by atoms with Crippen LogP contribution in [-0.4, -0.2) is 28.8 Å². The average Bonchev–Trinajstić information content (AvgIpc) is 3.11. The van der Waals surface area contributed by atoms with Crippen LogP contribution in [0.25, 0.3) is 5.69 Å². The fourth-order valence-corrected chi connectivity index (χ4v) is 3.11. The highest BCUT2D eigenvalue weighted by molar-refractivity contribution is 5.79. The number of nitrogen functional groups attached to an aromatic ring is 1. The zero-order chi connectivity index (χ0) is 22.1. The summed E-state index contributed by atoms with van der Waals surface area (Å²) in [4.78, 5) is 4.60. The molecule has 3 rings (SSSR count). The maximum Gasteiger partial charge on any atom is 0.191 e. The predicted octanol–water partition coefficient (Wildman–Crippen LogP) is 3.15. The van der Waals surface area contributed by atoms with E-state index < -0.39 is 0 Å². The number of aromatic nitrogens is 2. The molecule has 0 aliphatic carbocycles. The molecule has 0 bridgehead atoms. The smallest absolute Gasteiger partial charge is 0.191 e. The van der Waals surface area contributed by atoms with Crippen molar-refractivity contribution in [2.75, 3.05) is 18.8 Å². The highest BCUT2D eigenvalue weighted by atomic mass is 19.1. The Labute approximate surface area is 181 Å². The van der Waals surface area contributed by atoms with Gasteiger partial charge in [0.15, 0.2) is 5.96 Å². The molecule has 0 aliphatic rings. The van der Waals surface area contributed by atoms with Crippen molar-refractivity contribution in [2.45, 2.75) is 26.3 Å². The molecular weight excluding hydrogens is 393 g/mol. The second-order valence-corrected chi connectivity index (χ2v) is 6.92. The van der Waals surface area contributed by atoms with E-state index in [1.54, 1.807) is 12.1 Å². The van der Waals surface area contributed by atoms with Crippen LogP contribution in [0.1, 0.15) is 30.2 Å². The van der Waals surface area contributed by atoms with E-state index in [-0.39, 0.29) is 11.6 Å². The number of halogens is 1. The number of rotatable bonds is 8. The number of nitriles is 1. The largest absolute Gasteiger partial charge is 0.382 e. The Morgan fingerprint density at radius 2 is 1.90 bits per heavy atom. The summed E-state index contributed by atoms with van der Waals surface area (Å²) in [5, 5.41) is 20.5. The summed E-state index contributed by atoms with van der Waals surface area (Å²) < 4.78 is 14.7. The van der Waals surface area contributed by atoms with Gasteiger partial charge in [-0.15, -0.1) is 0 Å². The maximum absolute atomic E-state index is 13.2. The van der Waals surface area contributed by atoms with E-state index in [9.17, 15) is 9.65 Å². The van der Waals surface area contributed by atoms with Gasteiger partial charge in [-0.1, -0.05) is 30.3 Å². The van der Waals surface area contributed by atoms with Crippen molar-refractivity contribution >= 4 is 11.8 Å². The van der Waals surface area contributed by atoms with E-state index >= 15 is 0 Å². The second-order valence-electron chi connectivity index (χ2n) is 6.92. The number of hydrogen-bond donors (Lipinski definition) is 3. The van der Waals surface area contributed by atoms with Crippen molar-refractivity contribution in [1.29, 1.82) is 5.26 Å². The monoisotopic (exact) mass is 419 g/mol. The number of aryl methyl sites for hydroxylation is 1. The molecule has 0 unspecified atom stereocenters. The van der Waals surface area contributed by atoms with Crippen molar-refractivity contribution in [3.8, 4) is 11.8 Å². The van der Waals surface area contributed by atoms with Gasteiger partial charge in [0, 0.05) is 13.1 Å². The number of anilines is 1. The SMILES string of the molecule is CCNC(=NCc1ccccc1)NCCCc1nn(-c2ccc(F)cc2)c(N)c1C#N. The molecule has 0 aliphatic heterocycles. The van der Waals surface area contributed by atoms with Crippen LogP contribution in [0.4, 0.5) is 10.2 Å². The summed E-state index contributed by atoms with van der Waals surface area (Å²) in [5.41, 5.74) is 8.84. The number of guanidine groups is 1. The van der Waals surface area contributed by atoms with Crippen molar-refractivity contribution in [1.82, 2.24) is 20.4 Å². The van der Waals surface area contributed by atoms with Crippen LogP contribution in [0.3, 0.4) is 0 Å². The van der Waals surface area contributed by atoms with Crippen molar-refractivity contribution in [3.05, 3.63) is 77.2 Å². The minimum atomic E-state index is -0.341. The highest BCUT2D eigenvalue weighted by Crippen LogP contribution is 2.21. The molecular formula is C23H26FN7. The molecule has 7 nitrogen and oxygen atoms in total. The van der Waals surface area contributed by atoms with E-state index in [1.807, 2.05) is 37.3 Å². The number of nitrogens with one attached hydrogen (secondary N) is 2. The van der Waals surface area contributed by atoms with Gasteiger partial charge in [0.2, 0.25) is 0 Å². The molecule has 0 spiro atoms. The third-order valence-corrected chi connectivity index (χ3v) is 4.67. The standard InChI is InChI=1S/C23H26FN7/c1-2-27-23(29-16-17-7-4-3-5-8-17)28-14-6-9-21-20(15-25)22(26)31(30-21)19-12-10-18(24)11-13-19/h3-5,7-8,10-13H,2,6,9,14,16,26H2,1H3,(H2,27,28,29). The number of nitrogens with two attached hydrogens (primary N) is 1. The molecule has 0 fully saturated rings. The predicted molar refractivity (Wildman–Crippen MR) is 120 cm³/mol. The van der Waals surface area contributed by atoms with E-state index in [0.29, 0.717) is 36.5 Å². The highest BCUT2D eigenvalue weighted by Gasteiger charge is 2.16. The van der Waals surface area contributed by atoms with Crippen LogP contribution in [0.5, 0.6) is 0 Å². The van der Waals surface area contributed by atoms with Gasteiger partial charge in [0.05, 0.1) is 17.9 Å². The number of aliphatic imine (C=N–C) groups is 1. The molecule has 0 saturated heterocycles. The van der Waals surface area contributed by atoms with Crippen LogP contribution < -0.4 is 16.4 Å². The van der Waals surface area contributed by atoms with E-state index in [0.717, 1.165) is 24.5 Å². The Morgan fingerprint density at radius 3 is 2.58 bits per heavy atom. The van der Waals surface area contributed by atoms with E-state index in [4.69, 9.17) is 5.73 Å². The molecule has 0 atom stereocenters. The van der Waals surface area contributed by atoms with Gasteiger partial charge in [-0.05, 0) is 49.6 Å². The Balaban J connectivity index is 1.61. The quantitative estimate of drug-likeness (QED) is 0.296. The first kappa shape index (κ1) is 21.8. The summed E-state index contributed by atoms with van der Waals surface area (Å²) in [5.74, 6) is 0.657. The van der Waals surface area contributed by atoms with Crippen molar-refractivity contribution < 1.29 is 4.39 Å². The summed E-state index contributed by atoms with van der Waals surface area (Å²) in [6.07, 6.45) is 1.32. The lowest BCUT2D eigenvalue weighted by molar-refractivity contribution is 0.627. The fourth-order valence-electron chi connectivity index (χ4n) is 3.11. The molecule has 0 saturated carbocycles. The van der Waals surface area contributed by atoms with Crippen molar-refractivity contribution in [2.24, 2.45) is 4.99 Å². The number of benzene rings is 2. The second kappa shape index (κ2) is 10.8. The van der Waals surface area contributed by atoms with Crippen LogP contribution in [-0.2, 0) is 13.0 Å². The normalized spacial score (nSPS) is 11.2. The first-order valence-corrected chi connectivity index (χ1v) is 10.2. The van der Waals surface area contributed by atoms with Crippen LogP contribution >= 0.6 is 0 Å². The molecule has 4 N–H and O–H groups in total. The van der Waals surface area contributed by atoms with Gasteiger partial charge in [0.1, 0.15) is 23.3 Å². The lowest BCUT2D eigenvalue weighted by Gasteiger charge is -2.11. The molecule has 160 valence electrons. The Morgan fingerprint density at radius 1 is 1.16 bits per heavy atom. The van der Waals surface area contributed by atoms with Crippen LogP contribution in [0.15, 0.2) is 59.6 Å². The molecule has 1 heterocycles. The topological polar surface area (TPSA) is 104 Å². The minimum Gasteiger partial charge on any atom is -0.382 e. The third kappa shape index (κ3) is 5.82. The Kier molecular flexibility index (Phi) is 7.60. The summed E-state index contributed by atoms with van der Waals surface area (Å²) in [7, 11) is 0. The molecule has 0 radical (unpaired) electrons. The van der Waals surface area contributed by atoms with E-state index in [2.05, 4.69) is 26.8 Å². The fraction of sp³-hybridized carbons (Fsp3) is 0.261. The van der Waals surface area contributed by atoms with E-state index in [1.165, 1.54) is 16.8 Å². The molecule has 3 aromatic rings. The van der Waals surface area contributed by atoms with Gasteiger partial charge in [0.25, 0.3) is 0 Å². The van der Waals surface area contributed by atoms with Gasteiger partial charge in [-0.2, -0.15) is 10.4 Å². The first-order chi connectivity index (χ1) is 15.1. The van der Waals surface area contributed by atoms with Crippen LogP contribution in [0, 0.1) is 17.1 Å². The summed E-state index contributed by atoms with van der Waals surface area (Å²) >= 11 is 0. The molecule has 8 heteroatoms. The van der Waals surface area contributed by atoms with Gasteiger partial charge >= 0.3 is 0 Å². The minimum absolute atomic E-state index is 0.259. The Hall–Kier alpha value is -3.86. The number of hydrogen-bond acceptors (Lipinski definition) is 4. The first-order valence-electron chi connectivity index (χ1n) is 10.2. The zero-order valence-electron chi connectivity index (χ0n) is 17.5. The van der Waals surface area contributed by atoms with Crippen molar-refractivity contribution in [3.63, 3.8) is 0 Å². The average molecular weight is 420 g/mol. The molecule has 1 aromatic heterocycles. The zero-order valence-corrected chi connectivity index (χ0v) is 17.5. The lowest BCUT2D eigenvalue weighted by Crippen LogP contribution is -2.37.